The van der Waals surface area contributed by atoms with Crippen molar-refractivity contribution in [3.05, 3.63) is 64.7 Å². The van der Waals surface area contributed by atoms with Gasteiger partial charge in [-0.1, -0.05) is 24.3 Å². The molecule has 0 unspecified atom stereocenters. The van der Waals surface area contributed by atoms with Crippen LogP contribution in [0.15, 0.2) is 36.4 Å². The summed E-state index contributed by atoms with van der Waals surface area (Å²) in [6, 6.07) is 11.6. The van der Waals surface area contributed by atoms with E-state index in [9.17, 15) is 8.78 Å². The number of nitrogens with zero attached hydrogens (tertiary/aromatic N) is 1. The van der Waals surface area contributed by atoms with Crippen LogP contribution in [0.4, 0.5) is 14.5 Å². The summed E-state index contributed by atoms with van der Waals surface area (Å²) in [5, 5.41) is 11.4. The van der Waals surface area contributed by atoms with Crippen molar-refractivity contribution in [2.75, 3.05) is 11.9 Å². The molecule has 0 aromatic heterocycles. The van der Waals surface area contributed by atoms with Crippen LogP contribution in [0, 0.1) is 29.9 Å². The maximum absolute atomic E-state index is 13.6. The monoisotopic (exact) mass is 272 g/mol. The quantitative estimate of drug-likeness (QED) is 0.919. The van der Waals surface area contributed by atoms with Crippen LogP contribution >= 0.6 is 0 Å². The van der Waals surface area contributed by atoms with Gasteiger partial charge in [0.1, 0.15) is 5.69 Å². The molecule has 0 saturated heterocycles. The molecule has 0 saturated carbocycles. The highest BCUT2D eigenvalue weighted by atomic mass is 19.1. The minimum atomic E-state index is -0.744. The van der Waals surface area contributed by atoms with Gasteiger partial charge in [0.2, 0.25) is 0 Å². The average molecular weight is 272 g/mol. The van der Waals surface area contributed by atoms with Gasteiger partial charge in [0.25, 0.3) is 0 Å². The van der Waals surface area contributed by atoms with E-state index < -0.39 is 11.6 Å². The summed E-state index contributed by atoms with van der Waals surface area (Å²) in [4.78, 5) is 0. The van der Waals surface area contributed by atoms with Crippen LogP contribution < -0.4 is 5.32 Å². The standard InChI is InChI=1S/C16H14F2N2/c1-11-4-2-3-5-13(11)6-7-20-16-14(17)8-12(10-19)9-15(16)18/h2-5,8-9,20H,6-7H2,1H3. The Bertz CT molecular complexity index is 637. The van der Waals surface area contributed by atoms with Crippen LogP contribution in [-0.2, 0) is 6.42 Å². The molecule has 0 aliphatic heterocycles. The van der Waals surface area contributed by atoms with Gasteiger partial charge in [-0.2, -0.15) is 5.26 Å². The Morgan fingerprint density at radius 2 is 1.80 bits per heavy atom. The van der Waals surface area contributed by atoms with Crippen LogP contribution in [0.1, 0.15) is 16.7 Å². The van der Waals surface area contributed by atoms with E-state index in [-0.39, 0.29) is 11.3 Å². The molecule has 0 amide bonds. The molecule has 0 fully saturated rings. The molecule has 2 aromatic carbocycles. The minimum absolute atomic E-state index is 0.0237. The van der Waals surface area contributed by atoms with Gasteiger partial charge in [0.05, 0.1) is 11.6 Å². The summed E-state index contributed by atoms with van der Waals surface area (Å²) in [5.74, 6) is -1.49. The largest absolute Gasteiger partial charge is 0.380 e. The third-order valence-electron chi connectivity index (χ3n) is 3.13. The average Bonchev–Trinajstić information content (AvgIpc) is 2.43. The SMILES string of the molecule is Cc1ccccc1CCNc1c(F)cc(C#N)cc1F. The van der Waals surface area contributed by atoms with Crippen LogP contribution in [0.2, 0.25) is 0 Å². The zero-order valence-corrected chi connectivity index (χ0v) is 11.1. The number of benzene rings is 2. The lowest BCUT2D eigenvalue weighted by molar-refractivity contribution is 0.587. The van der Waals surface area contributed by atoms with Crippen LogP contribution in [0.5, 0.6) is 0 Å². The highest BCUT2D eigenvalue weighted by Crippen LogP contribution is 2.20. The van der Waals surface area contributed by atoms with E-state index in [1.54, 1.807) is 6.07 Å². The van der Waals surface area contributed by atoms with Crippen molar-refractivity contribution in [1.82, 2.24) is 0 Å². The van der Waals surface area contributed by atoms with Crippen molar-refractivity contribution < 1.29 is 8.78 Å². The van der Waals surface area contributed by atoms with Crippen molar-refractivity contribution in [1.29, 1.82) is 5.26 Å². The van der Waals surface area contributed by atoms with Gasteiger partial charge in [0, 0.05) is 6.54 Å². The molecule has 4 heteroatoms. The fourth-order valence-electron chi connectivity index (χ4n) is 2.02. The summed E-state index contributed by atoms with van der Waals surface area (Å²) < 4.78 is 27.3. The Morgan fingerprint density at radius 1 is 1.15 bits per heavy atom. The lowest BCUT2D eigenvalue weighted by atomic mass is 10.1. The predicted octanol–water partition coefficient (Wildman–Crippen LogP) is 3.80. The Hall–Kier alpha value is -2.41. The molecule has 0 heterocycles. The van der Waals surface area contributed by atoms with E-state index >= 15 is 0 Å². The van der Waals surface area contributed by atoms with E-state index in [4.69, 9.17) is 5.26 Å². The number of rotatable bonds is 4. The molecular formula is C16H14F2N2. The van der Waals surface area contributed by atoms with Crippen LogP contribution in [0.25, 0.3) is 0 Å². The summed E-state index contributed by atoms with van der Waals surface area (Å²) in [5.41, 5.74) is 2.08. The number of nitriles is 1. The summed E-state index contributed by atoms with van der Waals surface area (Å²) in [6.07, 6.45) is 0.672. The molecule has 2 aromatic rings. The third-order valence-corrected chi connectivity index (χ3v) is 3.13. The molecule has 20 heavy (non-hydrogen) atoms. The zero-order valence-electron chi connectivity index (χ0n) is 11.1. The Kier molecular flexibility index (Phi) is 4.31. The number of aryl methyl sites for hydroxylation is 1. The maximum atomic E-state index is 13.6. The highest BCUT2D eigenvalue weighted by Gasteiger charge is 2.10. The lowest BCUT2D eigenvalue weighted by Gasteiger charge is -2.10. The van der Waals surface area contributed by atoms with Crippen molar-refractivity contribution in [2.45, 2.75) is 13.3 Å². The fraction of sp³-hybridized carbons (Fsp3) is 0.188. The van der Waals surface area contributed by atoms with Crippen molar-refractivity contribution in [3.8, 4) is 6.07 Å². The van der Waals surface area contributed by atoms with Crippen molar-refractivity contribution in [3.63, 3.8) is 0 Å². The van der Waals surface area contributed by atoms with Crippen molar-refractivity contribution in [2.24, 2.45) is 0 Å². The summed E-state index contributed by atoms with van der Waals surface area (Å²) in [6.45, 7) is 2.42. The van der Waals surface area contributed by atoms with Crippen LogP contribution in [-0.4, -0.2) is 6.54 Å². The van der Waals surface area contributed by atoms with E-state index in [0.29, 0.717) is 13.0 Å². The molecule has 0 aliphatic carbocycles. The second kappa shape index (κ2) is 6.16. The van der Waals surface area contributed by atoms with Gasteiger partial charge in [-0.3, -0.25) is 0 Å². The first-order valence-electron chi connectivity index (χ1n) is 6.29. The topological polar surface area (TPSA) is 35.8 Å². The molecule has 102 valence electrons. The first-order chi connectivity index (χ1) is 9.61. The van der Waals surface area contributed by atoms with E-state index in [1.165, 1.54) is 0 Å². The Labute approximate surface area is 116 Å². The van der Waals surface area contributed by atoms with Gasteiger partial charge in [-0.15, -0.1) is 0 Å². The van der Waals surface area contributed by atoms with Gasteiger partial charge in [-0.25, -0.2) is 8.78 Å². The van der Waals surface area contributed by atoms with Gasteiger partial charge < -0.3 is 5.32 Å². The molecule has 0 bridgehead atoms. The summed E-state index contributed by atoms with van der Waals surface area (Å²) in [7, 11) is 0. The summed E-state index contributed by atoms with van der Waals surface area (Å²) >= 11 is 0. The first-order valence-corrected chi connectivity index (χ1v) is 6.29. The smallest absolute Gasteiger partial charge is 0.150 e. The maximum Gasteiger partial charge on any atom is 0.150 e. The number of anilines is 1. The molecule has 0 aliphatic rings. The molecule has 2 rings (SSSR count). The number of hydrogen-bond acceptors (Lipinski definition) is 2. The normalized spacial score (nSPS) is 10.1. The lowest BCUT2D eigenvalue weighted by Crippen LogP contribution is -2.09. The molecule has 0 spiro atoms. The number of nitrogens with one attached hydrogen (secondary N) is 1. The second-order valence-corrected chi connectivity index (χ2v) is 4.53. The third kappa shape index (κ3) is 3.12. The first kappa shape index (κ1) is 14.0. The van der Waals surface area contributed by atoms with Gasteiger partial charge in [-0.05, 0) is 36.6 Å². The van der Waals surface area contributed by atoms with Crippen LogP contribution in [0.3, 0.4) is 0 Å². The number of halogens is 2. The van der Waals surface area contributed by atoms with E-state index in [2.05, 4.69) is 5.32 Å². The Morgan fingerprint density at radius 3 is 2.40 bits per heavy atom. The zero-order chi connectivity index (χ0) is 14.5. The van der Waals surface area contributed by atoms with E-state index in [0.717, 1.165) is 23.3 Å². The van der Waals surface area contributed by atoms with Gasteiger partial charge in [0.15, 0.2) is 11.6 Å². The molecule has 1 N–H and O–H groups in total. The fourth-order valence-corrected chi connectivity index (χ4v) is 2.02. The predicted molar refractivity (Wildman–Crippen MR) is 74.4 cm³/mol. The Balaban J connectivity index is 2.05. The molecule has 0 radical (unpaired) electrons. The van der Waals surface area contributed by atoms with Gasteiger partial charge >= 0.3 is 0 Å². The number of hydrogen-bond donors (Lipinski definition) is 1. The highest BCUT2D eigenvalue weighted by molar-refractivity contribution is 5.50. The molecular weight excluding hydrogens is 258 g/mol. The van der Waals surface area contributed by atoms with E-state index in [1.807, 2.05) is 31.2 Å². The second-order valence-electron chi connectivity index (χ2n) is 4.53. The molecule has 2 nitrogen and oxygen atoms in total. The minimum Gasteiger partial charge on any atom is -0.380 e. The molecule has 0 atom stereocenters. The van der Waals surface area contributed by atoms with Crippen molar-refractivity contribution >= 4 is 5.69 Å².